The van der Waals surface area contributed by atoms with Gasteiger partial charge in [0, 0.05) is 29.7 Å². The number of esters is 1. The zero-order valence-electron chi connectivity index (χ0n) is 26.6. The van der Waals surface area contributed by atoms with Gasteiger partial charge in [0.25, 0.3) is 0 Å². The number of carbonyl (C=O) groups excluding carboxylic acids is 2. The quantitative estimate of drug-likeness (QED) is 0.247. The summed E-state index contributed by atoms with van der Waals surface area (Å²) >= 11 is 0. The predicted molar refractivity (Wildman–Crippen MR) is 169 cm³/mol. The lowest BCUT2D eigenvalue weighted by atomic mass is 9.44. The van der Waals surface area contributed by atoms with Gasteiger partial charge in [-0.15, -0.1) is 6.58 Å². The molecular weight excluding hydrogens is 538 g/mol. The third-order valence-electron chi connectivity index (χ3n) is 11.7. The summed E-state index contributed by atoms with van der Waals surface area (Å²) in [7, 11) is 0. The number of aliphatic hydroxyl groups is 1. The molecule has 43 heavy (non-hydrogen) atoms. The van der Waals surface area contributed by atoms with E-state index in [-0.39, 0.29) is 41.5 Å². The van der Waals surface area contributed by atoms with Crippen molar-refractivity contribution in [3.63, 3.8) is 0 Å². The first-order chi connectivity index (χ1) is 20.5. The Labute approximate surface area is 257 Å². The van der Waals surface area contributed by atoms with Gasteiger partial charge in [-0.3, -0.25) is 14.5 Å². The summed E-state index contributed by atoms with van der Waals surface area (Å²) in [6.07, 6.45) is 4.34. The van der Waals surface area contributed by atoms with Crippen molar-refractivity contribution in [1.29, 1.82) is 0 Å². The third-order valence-corrected chi connectivity index (χ3v) is 11.7. The van der Waals surface area contributed by atoms with Gasteiger partial charge in [-0.05, 0) is 79.3 Å². The van der Waals surface area contributed by atoms with E-state index in [1.807, 2.05) is 74.5 Å². The molecule has 0 aromatic heterocycles. The molecule has 6 heteroatoms. The molecule has 6 nitrogen and oxygen atoms in total. The Morgan fingerprint density at radius 2 is 1.74 bits per heavy atom. The molecule has 8 atom stereocenters. The summed E-state index contributed by atoms with van der Waals surface area (Å²) in [6, 6.07) is 17.6. The second kappa shape index (κ2) is 12.2. The maximum absolute atomic E-state index is 13.7. The number of ketones is 1. The molecular formula is C37H49NO5. The number of likely N-dealkylation sites (N-methyl/N-ethyl adjacent to an activating group) is 1. The molecule has 232 valence electrons. The van der Waals surface area contributed by atoms with Gasteiger partial charge < -0.3 is 14.6 Å². The number of Topliss-reactive ketones (excluding diaryl/α,β-unsaturated/α-hetero) is 1. The van der Waals surface area contributed by atoms with Crippen LogP contribution in [0.25, 0.3) is 0 Å². The van der Waals surface area contributed by atoms with Crippen LogP contribution in [-0.2, 0) is 20.9 Å². The van der Waals surface area contributed by atoms with E-state index in [1.54, 1.807) is 0 Å². The maximum Gasteiger partial charge on any atom is 0.320 e. The Bertz CT molecular complexity index is 1310. The fourth-order valence-electron chi connectivity index (χ4n) is 8.71. The van der Waals surface area contributed by atoms with E-state index >= 15 is 0 Å². The first kappa shape index (κ1) is 31.5. The molecule has 3 aliphatic carbocycles. The van der Waals surface area contributed by atoms with E-state index in [9.17, 15) is 14.7 Å². The Kier molecular flexibility index (Phi) is 8.93. The standard InChI is InChI=1S/C37H49NO5/c1-7-35(5)22-31(36(6)25(3)18-20-37(26(4)34(35)41)21-19-30(39)33(36)37)43-32(40)24-38(8-2)23-27-14-16-29(17-15-27)42-28-12-10-9-11-13-28/h7,9-17,25-26,31,33-34,41H,1,8,18-24H2,2-6H3/t25-,26+,31-,33+,34+,35-,36+,37+/m1/s1. The summed E-state index contributed by atoms with van der Waals surface area (Å²) in [6.45, 7) is 16.1. The number of hydrogen-bond acceptors (Lipinski definition) is 6. The highest BCUT2D eigenvalue weighted by Crippen LogP contribution is 2.68. The number of rotatable bonds is 9. The second-order valence-electron chi connectivity index (χ2n) is 13.9. The molecule has 0 heterocycles. The molecule has 0 aliphatic heterocycles. The van der Waals surface area contributed by atoms with Crippen LogP contribution in [0.15, 0.2) is 67.3 Å². The van der Waals surface area contributed by atoms with Crippen LogP contribution < -0.4 is 4.74 Å². The monoisotopic (exact) mass is 587 g/mol. The third kappa shape index (κ3) is 5.69. The molecule has 3 fully saturated rings. The molecule has 3 saturated carbocycles. The smallest absolute Gasteiger partial charge is 0.320 e. The Morgan fingerprint density at radius 1 is 1.07 bits per heavy atom. The molecule has 2 bridgehead atoms. The van der Waals surface area contributed by atoms with Crippen molar-refractivity contribution in [2.24, 2.45) is 34.0 Å². The van der Waals surface area contributed by atoms with Gasteiger partial charge in [0.05, 0.1) is 12.6 Å². The Morgan fingerprint density at radius 3 is 2.40 bits per heavy atom. The van der Waals surface area contributed by atoms with Gasteiger partial charge >= 0.3 is 5.97 Å². The fourth-order valence-corrected chi connectivity index (χ4v) is 8.71. The lowest BCUT2D eigenvalue weighted by molar-refractivity contribution is -0.207. The van der Waals surface area contributed by atoms with Crippen molar-refractivity contribution in [2.45, 2.75) is 85.5 Å². The van der Waals surface area contributed by atoms with Crippen LogP contribution in [-0.4, -0.2) is 47.1 Å². The summed E-state index contributed by atoms with van der Waals surface area (Å²) in [4.78, 5) is 29.4. The van der Waals surface area contributed by atoms with Gasteiger partial charge in [-0.1, -0.05) is 71.0 Å². The number of aliphatic hydroxyl groups excluding tert-OH is 1. The number of para-hydroxylation sites is 1. The SMILES string of the molecule is C=C[C@]1(C)C[C@@H](OC(=O)CN(CC)Cc2ccc(Oc3ccccc3)cc2)[C@]2(C)[C@H](C)CC[C@]3(CCC(=O)[C@H]32)[C@@H](C)[C@@H]1O. The molecule has 0 amide bonds. The van der Waals surface area contributed by atoms with E-state index in [4.69, 9.17) is 9.47 Å². The van der Waals surface area contributed by atoms with Gasteiger partial charge in [0.15, 0.2) is 0 Å². The topological polar surface area (TPSA) is 76.1 Å². The average molecular weight is 588 g/mol. The number of benzene rings is 2. The van der Waals surface area contributed by atoms with E-state index in [0.29, 0.717) is 25.9 Å². The van der Waals surface area contributed by atoms with E-state index < -0.39 is 23.0 Å². The Balaban J connectivity index is 1.34. The van der Waals surface area contributed by atoms with Gasteiger partial charge in [-0.2, -0.15) is 0 Å². The van der Waals surface area contributed by atoms with Crippen LogP contribution in [0.2, 0.25) is 0 Å². The van der Waals surface area contributed by atoms with Gasteiger partial charge in [0.2, 0.25) is 0 Å². The number of hydrogen-bond donors (Lipinski definition) is 1. The maximum atomic E-state index is 13.7. The summed E-state index contributed by atoms with van der Waals surface area (Å²) < 4.78 is 12.4. The number of carbonyl (C=O) groups is 2. The molecule has 0 unspecified atom stereocenters. The highest BCUT2D eigenvalue weighted by Gasteiger charge is 2.68. The first-order valence-electron chi connectivity index (χ1n) is 16.0. The lowest BCUT2D eigenvalue weighted by Gasteiger charge is -2.61. The van der Waals surface area contributed by atoms with Crippen LogP contribution >= 0.6 is 0 Å². The van der Waals surface area contributed by atoms with Crippen molar-refractivity contribution < 1.29 is 24.2 Å². The van der Waals surface area contributed by atoms with Crippen molar-refractivity contribution in [3.8, 4) is 11.5 Å². The average Bonchev–Trinajstić information content (AvgIpc) is 3.36. The van der Waals surface area contributed by atoms with E-state index in [2.05, 4.69) is 32.3 Å². The van der Waals surface area contributed by atoms with Gasteiger partial charge in [0.1, 0.15) is 23.4 Å². The largest absolute Gasteiger partial charge is 0.461 e. The minimum Gasteiger partial charge on any atom is -0.461 e. The zero-order valence-corrected chi connectivity index (χ0v) is 26.6. The normalized spacial score (nSPS) is 35.5. The van der Waals surface area contributed by atoms with Crippen molar-refractivity contribution in [2.75, 3.05) is 13.1 Å². The molecule has 5 rings (SSSR count). The van der Waals surface area contributed by atoms with Crippen LogP contribution in [0.3, 0.4) is 0 Å². The summed E-state index contributed by atoms with van der Waals surface area (Å²) in [5.74, 6) is 1.47. The summed E-state index contributed by atoms with van der Waals surface area (Å²) in [5.41, 5.74) is -0.350. The Hall–Kier alpha value is -2.96. The molecule has 0 saturated heterocycles. The van der Waals surface area contributed by atoms with E-state index in [0.717, 1.165) is 36.3 Å². The molecule has 2 aromatic carbocycles. The summed E-state index contributed by atoms with van der Waals surface area (Å²) in [5, 5.41) is 11.8. The zero-order chi connectivity index (χ0) is 31.0. The fraction of sp³-hybridized carbons (Fsp3) is 0.568. The lowest BCUT2D eigenvalue weighted by Crippen LogP contribution is -2.63. The number of ether oxygens (including phenoxy) is 2. The van der Waals surface area contributed by atoms with Crippen LogP contribution in [0.5, 0.6) is 11.5 Å². The van der Waals surface area contributed by atoms with Crippen LogP contribution in [0, 0.1) is 34.0 Å². The molecule has 3 aliphatic rings. The van der Waals surface area contributed by atoms with Crippen LogP contribution in [0.4, 0.5) is 0 Å². The molecule has 0 spiro atoms. The molecule has 1 N–H and O–H groups in total. The van der Waals surface area contributed by atoms with E-state index in [1.165, 1.54) is 0 Å². The van der Waals surface area contributed by atoms with Gasteiger partial charge in [-0.25, -0.2) is 0 Å². The highest BCUT2D eigenvalue weighted by atomic mass is 16.5. The number of nitrogens with zero attached hydrogens (tertiary/aromatic N) is 1. The van der Waals surface area contributed by atoms with Crippen LogP contribution in [0.1, 0.15) is 72.3 Å². The predicted octanol–water partition coefficient (Wildman–Crippen LogP) is 7.21. The second-order valence-corrected chi connectivity index (χ2v) is 13.9. The molecule has 2 aromatic rings. The first-order valence-corrected chi connectivity index (χ1v) is 16.0. The minimum atomic E-state index is -0.668. The van der Waals surface area contributed by atoms with Crippen molar-refractivity contribution in [3.05, 3.63) is 72.8 Å². The minimum absolute atomic E-state index is 0.0458. The highest BCUT2D eigenvalue weighted by molar-refractivity contribution is 5.85. The van der Waals surface area contributed by atoms with Crippen molar-refractivity contribution >= 4 is 11.8 Å². The van der Waals surface area contributed by atoms with Crippen molar-refractivity contribution in [1.82, 2.24) is 4.90 Å². The molecule has 0 radical (unpaired) electrons.